The number of ether oxygens (including phenoxy) is 1. The average Bonchev–Trinajstić information content (AvgIpc) is 2.45. The van der Waals surface area contributed by atoms with Gasteiger partial charge in [-0.3, -0.25) is 0 Å². The zero-order valence-electron chi connectivity index (χ0n) is 10.6. The zero-order valence-corrected chi connectivity index (χ0v) is 13.5. The second-order valence-corrected chi connectivity index (χ2v) is 5.69. The molecule has 0 radical (unpaired) electrons. The van der Waals surface area contributed by atoms with Crippen LogP contribution >= 0.6 is 34.2 Å². The van der Waals surface area contributed by atoms with Gasteiger partial charge in [0.05, 0.1) is 10.7 Å². The first-order valence-corrected chi connectivity index (χ1v) is 7.43. The smallest absolute Gasteiger partial charge is 0.174 e. The standard InChI is InChI=1S/C15H12ClIN2O/c16-13-9-12(17)5-6-14(13)19-10-11-3-1-2-4-15(11)20-8-7-18/h1-6,9,19H,8,10H2. The van der Waals surface area contributed by atoms with Crippen LogP contribution in [-0.4, -0.2) is 6.61 Å². The van der Waals surface area contributed by atoms with E-state index in [0.717, 1.165) is 14.8 Å². The monoisotopic (exact) mass is 398 g/mol. The number of para-hydroxylation sites is 1. The molecule has 2 aromatic rings. The van der Waals surface area contributed by atoms with E-state index in [0.29, 0.717) is 17.3 Å². The van der Waals surface area contributed by atoms with Gasteiger partial charge in [0.25, 0.3) is 0 Å². The van der Waals surface area contributed by atoms with Gasteiger partial charge >= 0.3 is 0 Å². The molecule has 0 unspecified atom stereocenters. The third kappa shape index (κ3) is 4.02. The van der Waals surface area contributed by atoms with Gasteiger partial charge in [-0.05, 0) is 46.9 Å². The summed E-state index contributed by atoms with van der Waals surface area (Å²) >= 11 is 8.40. The van der Waals surface area contributed by atoms with Crippen LogP contribution in [0.4, 0.5) is 5.69 Å². The fraction of sp³-hybridized carbons (Fsp3) is 0.133. The van der Waals surface area contributed by atoms with E-state index in [9.17, 15) is 0 Å². The molecule has 0 aliphatic carbocycles. The lowest BCUT2D eigenvalue weighted by atomic mass is 10.2. The van der Waals surface area contributed by atoms with E-state index >= 15 is 0 Å². The average molecular weight is 399 g/mol. The number of halogens is 2. The highest BCUT2D eigenvalue weighted by molar-refractivity contribution is 14.1. The molecule has 0 atom stereocenters. The molecule has 3 nitrogen and oxygen atoms in total. The van der Waals surface area contributed by atoms with Crippen LogP contribution in [-0.2, 0) is 6.54 Å². The summed E-state index contributed by atoms with van der Waals surface area (Å²) in [5.74, 6) is 0.711. The molecule has 2 aromatic carbocycles. The molecule has 5 heteroatoms. The maximum absolute atomic E-state index is 8.58. The van der Waals surface area contributed by atoms with E-state index in [1.807, 2.05) is 48.5 Å². The molecule has 20 heavy (non-hydrogen) atoms. The number of anilines is 1. The predicted octanol–water partition coefficient (Wildman–Crippen LogP) is 4.46. The van der Waals surface area contributed by atoms with Crippen molar-refractivity contribution in [1.82, 2.24) is 0 Å². The Morgan fingerprint density at radius 1 is 1.25 bits per heavy atom. The van der Waals surface area contributed by atoms with Crippen LogP contribution < -0.4 is 10.1 Å². The minimum Gasteiger partial charge on any atom is -0.478 e. The van der Waals surface area contributed by atoms with Crippen molar-refractivity contribution in [3.63, 3.8) is 0 Å². The minimum absolute atomic E-state index is 0.0430. The molecular formula is C15H12ClIN2O. The van der Waals surface area contributed by atoms with E-state index in [1.54, 1.807) is 0 Å². The lowest BCUT2D eigenvalue weighted by molar-refractivity contribution is 0.364. The molecule has 0 amide bonds. The van der Waals surface area contributed by atoms with Crippen molar-refractivity contribution in [2.45, 2.75) is 6.54 Å². The zero-order chi connectivity index (χ0) is 14.4. The van der Waals surface area contributed by atoms with E-state index in [4.69, 9.17) is 21.6 Å². The Morgan fingerprint density at radius 3 is 2.80 bits per heavy atom. The van der Waals surface area contributed by atoms with E-state index in [1.165, 1.54) is 0 Å². The fourth-order valence-electron chi connectivity index (χ4n) is 1.72. The van der Waals surface area contributed by atoms with Crippen LogP contribution in [0.2, 0.25) is 5.02 Å². The third-order valence-corrected chi connectivity index (χ3v) is 3.65. The summed E-state index contributed by atoms with van der Waals surface area (Å²) in [4.78, 5) is 0. The molecule has 0 saturated heterocycles. The first-order valence-electron chi connectivity index (χ1n) is 5.97. The van der Waals surface area contributed by atoms with E-state index in [-0.39, 0.29) is 6.61 Å². The number of rotatable bonds is 5. The lowest BCUT2D eigenvalue weighted by Gasteiger charge is -2.12. The van der Waals surface area contributed by atoms with Crippen molar-refractivity contribution in [3.8, 4) is 11.8 Å². The van der Waals surface area contributed by atoms with Gasteiger partial charge in [0.15, 0.2) is 6.61 Å². The summed E-state index contributed by atoms with van der Waals surface area (Å²) in [6, 6.07) is 15.4. The summed E-state index contributed by atoms with van der Waals surface area (Å²) in [5.41, 5.74) is 1.86. The summed E-state index contributed by atoms with van der Waals surface area (Å²) in [5, 5.41) is 12.5. The Hall–Kier alpha value is -1.45. The highest BCUT2D eigenvalue weighted by Crippen LogP contribution is 2.25. The molecule has 0 heterocycles. The van der Waals surface area contributed by atoms with Crippen LogP contribution in [0, 0.1) is 14.9 Å². The van der Waals surface area contributed by atoms with Gasteiger partial charge in [-0.25, -0.2) is 0 Å². The first-order chi connectivity index (χ1) is 9.70. The predicted molar refractivity (Wildman–Crippen MR) is 89.0 cm³/mol. The molecule has 0 saturated carbocycles. The van der Waals surface area contributed by atoms with Gasteiger partial charge in [0.2, 0.25) is 0 Å². The van der Waals surface area contributed by atoms with Crippen LogP contribution in [0.25, 0.3) is 0 Å². The summed E-state index contributed by atoms with van der Waals surface area (Å²) in [7, 11) is 0. The topological polar surface area (TPSA) is 45.0 Å². The van der Waals surface area contributed by atoms with Crippen molar-refractivity contribution in [2.24, 2.45) is 0 Å². The van der Waals surface area contributed by atoms with E-state index in [2.05, 4.69) is 27.9 Å². The molecule has 0 aliphatic rings. The van der Waals surface area contributed by atoms with Crippen LogP contribution in [0.15, 0.2) is 42.5 Å². The number of nitrogens with one attached hydrogen (secondary N) is 1. The first kappa shape index (κ1) is 14.9. The Balaban J connectivity index is 2.09. The largest absolute Gasteiger partial charge is 0.478 e. The molecular weight excluding hydrogens is 387 g/mol. The van der Waals surface area contributed by atoms with Crippen molar-refractivity contribution in [3.05, 3.63) is 56.6 Å². The molecule has 0 aromatic heterocycles. The Morgan fingerprint density at radius 2 is 2.05 bits per heavy atom. The summed E-state index contributed by atoms with van der Waals surface area (Å²) in [6.07, 6.45) is 0. The summed E-state index contributed by atoms with van der Waals surface area (Å²) in [6.45, 7) is 0.628. The summed E-state index contributed by atoms with van der Waals surface area (Å²) < 4.78 is 6.48. The molecule has 0 bridgehead atoms. The molecule has 0 fully saturated rings. The van der Waals surface area contributed by atoms with Gasteiger partial charge in [-0.2, -0.15) is 5.26 Å². The number of hydrogen-bond donors (Lipinski definition) is 1. The minimum atomic E-state index is 0.0430. The highest BCUT2D eigenvalue weighted by atomic mass is 127. The number of nitrogens with zero attached hydrogens (tertiary/aromatic N) is 1. The molecule has 0 aliphatic heterocycles. The van der Waals surface area contributed by atoms with Gasteiger partial charge in [-0.15, -0.1) is 0 Å². The second-order valence-electron chi connectivity index (χ2n) is 4.03. The molecule has 1 N–H and O–H groups in total. The van der Waals surface area contributed by atoms with Gasteiger partial charge in [0.1, 0.15) is 11.8 Å². The van der Waals surface area contributed by atoms with Gasteiger partial charge in [0, 0.05) is 15.7 Å². The maximum atomic E-state index is 8.58. The second kappa shape index (κ2) is 7.36. The third-order valence-electron chi connectivity index (χ3n) is 2.67. The van der Waals surface area contributed by atoms with Crippen molar-refractivity contribution < 1.29 is 4.74 Å². The Labute approximate surface area is 136 Å². The number of hydrogen-bond acceptors (Lipinski definition) is 3. The molecule has 0 spiro atoms. The van der Waals surface area contributed by atoms with Gasteiger partial charge in [-0.1, -0.05) is 29.8 Å². The molecule has 2 rings (SSSR count). The van der Waals surface area contributed by atoms with Gasteiger partial charge < -0.3 is 10.1 Å². The lowest BCUT2D eigenvalue weighted by Crippen LogP contribution is -2.04. The Bertz CT molecular complexity index is 640. The van der Waals surface area contributed by atoms with Crippen LogP contribution in [0.1, 0.15) is 5.56 Å². The maximum Gasteiger partial charge on any atom is 0.174 e. The fourth-order valence-corrected chi connectivity index (χ4v) is 2.65. The van der Waals surface area contributed by atoms with Crippen molar-refractivity contribution in [2.75, 3.05) is 11.9 Å². The highest BCUT2D eigenvalue weighted by Gasteiger charge is 2.05. The van der Waals surface area contributed by atoms with Crippen LogP contribution in [0.3, 0.4) is 0 Å². The quantitative estimate of drug-likeness (QED) is 0.756. The van der Waals surface area contributed by atoms with Crippen LogP contribution in [0.5, 0.6) is 5.75 Å². The van der Waals surface area contributed by atoms with Crippen molar-refractivity contribution >= 4 is 39.9 Å². The van der Waals surface area contributed by atoms with E-state index < -0.39 is 0 Å². The number of benzene rings is 2. The normalized spacial score (nSPS) is 9.85. The molecule has 102 valence electrons. The number of nitriles is 1. The van der Waals surface area contributed by atoms with Crippen molar-refractivity contribution in [1.29, 1.82) is 5.26 Å². The SMILES string of the molecule is N#CCOc1ccccc1CNc1ccc(I)cc1Cl. The Kier molecular flexibility index (Phi) is 5.50.